The number of pyridine rings is 1. The third-order valence-corrected chi connectivity index (χ3v) is 3.54. The van der Waals surface area contributed by atoms with Crippen LogP contribution in [0.4, 0.5) is 10.3 Å². The van der Waals surface area contributed by atoms with Gasteiger partial charge in [0, 0.05) is 17.3 Å². The highest BCUT2D eigenvalue weighted by Crippen LogP contribution is 2.43. The van der Waals surface area contributed by atoms with E-state index in [9.17, 15) is 4.39 Å². The summed E-state index contributed by atoms with van der Waals surface area (Å²) in [5, 5.41) is 4.65. The van der Waals surface area contributed by atoms with Crippen LogP contribution in [0.5, 0.6) is 0 Å². The van der Waals surface area contributed by atoms with Gasteiger partial charge in [-0.05, 0) is 18.2 Å². The number of rotatable bonds is 2. The first-order valence-electron chi connectivity index (χ1n) is 5.88. The predicted octanol–water partition coefficient (Wildman–Crippen LogP) is 4.43. The van der Waals surface area contributed by atoms with E-state index in [1.807, 2.05) is 0 Å². The van der Waals surface area contributed by atoms with Crippen LogP contribution in [0, 0.1) is 5.82 Å². The van der Waals surface area contributed by atoms with Gasteiger partial charge in [-0.15, -0.1) is 0 Å². The molecule has 0 radical (unpaired) electrons. The molecule has 0 aliphatic carbocycles. The lowest BCUT2D eigenvalue weighted by Gasteiger charge is -2.07. The maximum Gasteiger partial charge on any atom is 0.230 e. The number of hydrogen-bond acceptors (Lipinski definition) is 4. The normalized spacial score (nSPS) is 10.8. The molecule has 1 aromatic carbocycles. The second kappa shape index (κ2) is 5.35. The Kier molecular flexibility index (Phi) is 3.53. The third-order valence-electron chi connectivity index (χ3n) is 2.91. The molecule has 0 aliphatic rings. The SMILES string of the molecule is Nc1onc(-c2cncc(F)c2)c1-c1c(Cl)cccc1Cl. The summed E-state index contributed by atoms with van der Waals surface area (Å²) in [6.45, 7) is 0. The molecule has 2 heterocycles. The molecule has 0 amide bonds. The van der Waals surface area contributed by atoms with Crippen LogP contribution in [0.15, 0.2) is 41.2 Å². The highest BCUT2D eigenvalue weighted by atomic mass is 35.5. The summed E-state index contributed by atoms with van der Waals surface area (Å²) in [5.41, 5.74) is 7.47. The van der Waals surface area contributed by atoms with Gasteiger partial charge < -0.3 is 10.3 Å². The number of nitrogens with two attached hydrogens (primary N) is 1. The van der Waals surface area contributed by atoms with E-state index in [4.69, 9.17) is 33.5 Å². The van der Waals surface area contributed by atoms with Crippen LogP contribution in [0.25, 0.3) is 22.4 Å². The van der Waals surface area contributed by atoms with E-state index >= 15 is 0 Å². The van der Waals surface area contributed by atoms with Crippen LogP contribution in [0.1, 0.15) is 0 Å². The van der Waals surface area contributed by atoms with E-state index in [1.165, 1.54) is 12.3 Å². The fraction of sp³-hybridized carbons (Fsp3) is 0. The van der Waals surface area contributed by atoms with Crippen molar-refractivity contribution in [1.82, 2.24) is 10.1 Å². The zero-order valence-corrected chi connectivity index (χ0v) is 12.0. The van der Waals surface area contributed by atoms with Crippen molar-refractivity contribution in [2.24, 2.45) is 0 Å². The van der Waals surface area contributed by atoms with E-state index in [1.54, 1.807) is 18.2 Å². The minimum Gasteiger partial charge on any atom is -0.367 e. The summed E-state index contributed by atoms with van der Waals surface area (Å²) in [5.74, 6) is -0.450. The Labute approximate surface area is 129 Å². The number of anilines is 1. The molecule has 0 bridgehead atoms. The molecule has 0 saturated heterocycles. The van der Waals surface area contributed by atoms with Crippen LogP contribution in [0.3, 0.4) is 0 Å². The lowest BCUT2D eigenvalue weighted by Crippen LogP contribution is -1.91. The quantitative estimate of drug-likeness (QED) is 0.757. The Balaban J connectivity index is 2.28. The van der Waals surface area contributed by atoms with Crippen LogP contribution >= 0.6 is 23.2 Å². The molecule has 3 aromatic rings. The molecule has 3 rings (SSSR count). The number of aromatic nitrogens is 2. The topological polar surface area (TPSA) is 64.9 Å². The number of nitrogens with zero attached hydrogens (tertiary/aromatic N) is 2. The Morgan fingerprint density at radius 2 is 1.81 bits per heavy atom. The lowest BCUT2D eigenvalue weighted by molar-refractivity contribution is 0.439. The van der Waals surface area contributed by atoms with E-state index in [2.05, 4.69) is 10.1 Å². The molecule has 2 N–H and O–H groups in total. The Morgan fingerprint density at radius 3 is 2.48 bits per heavy atom. The molecule has 0 unspecified atom stereocenters. The van der Waals surface area contributed by atoms with Crippen LogP contribution in [-0.2, 0) is 0 Å². The first-order chi connectivity index (χ1) is 10.1. The minimum atomic E-state index is -0.495. The highest BCUT2D eigenvalue weighted by Gasteiger charge is 2.22. The predicted molar refractivity (Wildman–Crippen MR) is 79.6 cm³/mol. The van der Waals surface area contributed by atoms with Gasteiger partial charge in [0.2, 0.25) is 5.88 Å². The molecule has 0 aliphatic heterocycles. The van der Waals surface area contributed by atoms with Crippen LogP contribution < -0.4 is 5.73 Å². The first-order valence-corrected chi connectivity index (χ1v) is 6.64. The first kappa shape index (κ1) is 13.9. The van der Waals surface area contributed by atoms with Crippen molar-refractivity contribution < 1.29 is 8.91 Å². The average molecular weight is 324 g/mol. The van der Waals surface area contributed by atoms with Crippen LogP contribution in [-0.4, -0.2) is 10.1 Å². The summed E-state index contributed by atoms with van der Waals surface area (Å²) < 4.78 is 18.4. The van der Waals surface area contributed by atoms with Crippen molar-refractivity contribution in [3.63, 3.8) is 0 Å². The van der Waals surface area contributed by atoms with Gasteiger partial charge in [0.25, 0.3) is 0 Å². The fourth-order valence-electron chi connectivity index (χ4n) is 2.02. The van der Waals surface area contributed by atoms with Gasteiger partial charge in [-0.25, -0.2) is 4.39 Å². The Morgan fingerprint density at radius 1 is 1.10 bits per heavy atom. The summed E-state index contributed by atoms with van der Waals surface area (Å²) in [4.78, 5) is 3.79. The Bertz CT molecular complexity index is 799. The molecule has 4 nitrogen and oxygen atoms in total. The van der Waals surface area contributed by atoms with Crippen molar-refractivity contribution >= 4 is 29.1 Å². The van der Waals surface area contributed by atoms with Gasteiger partial charge in [-0.2, -0.15) is 0 Å². The van der Waals surface area contributed by atoms with Crippen LogP contribution in [0.2, 0.25) is 10.0 Å². The highest BCUT2D eigenvalue weighted by molar-refractivity contribution is 6.39. The molecule has 2 aromatic heterocycles. The second-order valence-corrected chi connectivity index (χ2v) is 5.07. The van der Waals surface area contributed by atoms with Crippen molar-refractivity contribution in [2.45, 2.75) is 0 Å². The summed E-state index contributed by atoms with van der Waals surface area (Å²) in [6, 6.07) is 6.32. The largest absolute Gasteiger partial charge is 0.367 e. The van der Waals surface area contributed by atoms with Gasteiger partial charge in [0.15, 0.2) is 0 Å². The molecule has 0 atom stereocenters. The number of hydrogen-bond donors (Lipinski definition) is 1. The summed E-state index contributed by atoms with van der Waals surface area (Å²) in [6.07, 6.45) is 2.55. The maximum absolute atomic E-state index is 13.3. The molecular formula is C14H8Cl2FN3O. The van der Waals surface area contributed by atoms with Gasteiger partial charge in [-0.3, -0.25) is 4.98 Å². The lowest BCUT2D eigenvalue weighted by atomic mass is 10.0. The average Bonchev–Trinajstić information content (AvgIpc) is 2.81. The minimum absolute atomic E-state index is 0.0456. The van der Waals surface area contributed by atoms with E-state index in [-0.39, 0.29) is 5.88 Å². The van der Waals surface area contributed by atoms with Gasteiger partial charge >= 0.3 is 0 Å². The maximum atomic E-state index is 13.3. The van der Waals surface area contributed by atoms with Crippen molar-refractivity contribution in [3.05, 3.63) is 52.5 Å². The molecule has 0 spiro atoms. The zero-order chi connectivity index (χ0) is 15.0. The monoisotopic (exact) mass is 323 g/mol. The Hall–Kier alpha value is -2.11. The molecule has 0 fully saturated rings. The molecule has 7 heteroatoms. The molecule has 21 heavy (non-hydrogen) atoms. The zero-order valence-electron chi connectivity index (χ0n) is 10.5. The molecule has 0 saturated carbocycles. The molecular weight excluding hydrogens is 316 g/mol. The smallest absolute Gasteiger partial charge is 0.230 e. The van der Waals surface area contributed by atoms with E-state index in [0.29, 0.717) is 32.4 Å². The van der Waals surface area contributed by atoms with Gasteiger partial charge in [-0.1, -0.05) is 34.4 Å². The number of nitrogen functional groups attached to an aromatic ring is 1. The fourth-order valence-corrected chi connectivity index (χ4v) is 2.61. The number of benzene rings is 1. The standard InChI is InChI=1S/C14H8Cl2FN3O/c15-9-2-1-3-10(16)11(9)12-13(20-21-14(12)18)7-4-8(17)6-19-5-7/h1-6H,18H2. The number of halogens is 3. The second-order valence-electron chi connectivity index (χ2n) is 4.26. The van der Waals surface area contributed by atoms with Crippen molar-refractivity contribution in [3.8, 4) is 22.4 Å². The third kappa shape index (κ3) is 2.46. The van der Waals surface area contributed by atoms with Gasteiger partial charge in [0.05, 0.1) is 21.8 Å². The van der Waals surface area contributed by atoms with Crippen molar-refractivity contribution in [1.29, 1.82) is 0 Å². The van der Waals surface area contributed by atoms with Gasteiger partial charge in [0.1, 0.15) is 11.5 Å². The van der Waals surface area contributed by atoms with E-state index in [0.717, 1.165) is 6.20 Å². The molecule has 106 valence electrons. The van der Waals surface area contributed by atoms with E-state index < -0.39 is 5.82 Å². The summed E-state index contributed by atoms with van der Waals surface area (Å²) >= 11 is 12.4. The van der Waals surface area contributed by atoms with Crippen molar-refractivity contribution in [2.75, 3.05) is 5.73 Å². The summed E-state index contributed by atoms with van der Waals surface area (Å²) in [7, 11) is 0.